The zero-order valence-electron chi connectivity index (χ0n) is 12.2. The van der Waals surface area contributed by atoms with Gasteiger partial charge in [-0.1, -0.05) is 6.58 Å². The van der Waals surface area contributed by atoms with Gasteiger partial charge in [-0.2, -0.15) is 0 Å². The first-order valence-corrected chi connectivity index (χ1v) is 6.70. The van der Waals surface area contributed by atoms with Crippen molar-refractivity contribution in [3.05, 3.63) is 61.6 Å². The van der Waals surface area contributed by atoms with E-state index in [4.69, 9.17) is 0 Å². The maximum Gasteiger partial charge on any atom is 0.293 e. The summed E-state index contributed by atoms with van der Waals surface area (Å²) in [4.78, 5) is 16.8. The Morgan fingerprint density at radius 2 is 2.05 bits per heavy atom. The number of aromatic amines is 2. The molecule has 2 aromatic heterocycles. The summed E-state index contributed by atoms with van der Waals surface area (Å²) in [6.45, 7) is 7.26. The zero-order chi connectivity index (χ0) is 16.0. The Labute approximate surface area is 124 Å². The summed E-state index contributed by atoms with van der Waals surface area (Å²) in [5.74, 6) is -0.341. The minimum Gasteiger partial charge on any atom is -0.355 e. The van der Waals surface area contributed by atoms with Crippen LogP contribution in [0.2, 0.25) is 0 Å². The van der Waals surface area contributed by atoms with Gasteiger partial charge in [0.15, 0.2) is 0 Å². The number of aryl methyl sites for hydroxylation is 1. The summed E-state index contributed by atoms with van der Waals surface area (Å²) in [5, 5.41) is 13.1. The normalized spacial score (nSPS) is 12.2. The highest BCUT2D eigenvalue weighted by Gasteiger charge is 2.20. The van der Waals surface area contributed by atoms with Crippen molar-refractivity contribution in [3.8, 4) is 0 Å². The van der Waals surface area contributed by atoms with Crippen LogP contribution in [0.25, 0.3) is 23.6 Å². The number of nitrogens with zero attached hydrogens (tertiary/aromatic N) is 1. The number of aromatic nitrogens is 2. The van der Waals surface area contributed by atoms with E-state index >= 15 is 0 Å². The Kier molecular flexibility index (Phi) is 3.09. The fourth-order valence-corrected chi connectivity index (χ4v) is 2.73. The first kappa shape index (κ1) is 14.1. The summed E-state index contributed by atoms with van der Waals surface area (Å²) in [7, 11) is 0. The average molecular weight is 299 g/mol. The molecular weight excluding hydrogens is 285 g/mol. The molecule has 0 aliphatic heterocycles. The van der Waals surface area contributed by atoms with Crippen molar-refractivity contribution in [2.24, 2.45) is 0 Å². The maximum absolute atomic E-state index is 13.5. The molecule has 0 radical (unpaired) electrons. The predicted octanol–water partition coefficient (Wildman–Crippen LogP) is 2.40. The van der Waals surface area contributed by atoms with E-state index in [-0.39, 0.29) is 11.5 Å². The maximum atomic E-state index is 13.5. The Balaban J connectivity index is 2.33. The van der Waals surface area contributed by atoms with Crippen molar-refractivity contribution in [1.82, 2.24) is 9.97 Å². The molecule has 2 N–H and O–H groups in total. The third kappa shape index (κ3) is 2.09. The monoisotopic (exact) mass is 299 g/mol. The lowest BCUT2D eigenvalue weighted by Crippen LogP contribution is -2.21. The number of halogens is 1. The van der Waals surface area contributed by atoms with Gasteiger partial charge in [0.25, 0.3) is 5.69 Å². The molecule has 6 heteroatoms. The van der Waals surface area contributed by atoms with Gasteiger partial charge in [0.2, 0.25) is 0 Å². The Morgan fingerprint density at radius 3 is 2.68 bits per heavy atom. The van der Waals surface area contributed by atoms with Crippen molar-refractivity contribution in [1.29, 1.82) is 0 Å². The van der Waals surface area contributed by atoms with Gasteiger partial charge >= 0.3 is 0 Å². The van der Waals surface area contributed by atoms with Gasteiger partial charge in [0, 0.05) is 27.2 Å². The highest BCUT2D eigenvalue weighted by Crippen LogP contribution is 2.26. The van der Waals surface area contributed by atoms with Crippen molar-refractivity contribution >= 4 is 29.2 Å². The van der Waals surface area contributed by atoms with Crippen LogP contribution in [0.15, 0.2) is 18.2 Å². The second kappa shape index (κ2) is 4.84. The van der Waals surface area contributed by atoms with Crippen LogP contribution in [0.4, 0.5) is 10.1 Å². The van der Waals surface area contributed by atoms with Crippen molar-refractivity contribution in [3.63, 3.8) is 0 Å². The van der Waals surface area contributed by atoms with Crippen molar-refractivity contribution in [2.45, 2.75) is 13.8 Å². The minimum atomic E-state index is -0.404. The number of rotatable bonds is 2. The van der Waals surface area contributed by atoms with Crippen molar-refractivity contribution in [2.75, 3.05) is 0 Å². The molecule has 0 fully saturated rings. The van der Waals surface area contributed by atoms with E-state index in [9.17, 15) is 14.5 Å². The molecule has 0 atom stereocenters. The molecule has 5 nitrogen and oxygen atoms in total. The van der Waals surface area contributed by atoms with E-state index in [2.05, 4.69) is 16.5 Å². The first-order chi connectivity index (χ1) is 10.4. The summed E-state index contributed by atoms with van der Waals surface area (Å²) in [5.41, 5.74) is 2.51. The summed E-state index contributed by atoms with van der Waals surface area (Å²) in [6, 6.07) is 4.44. The van der Waals surface area contributed by atoms with Crippen LogP contribution in [0.1, 0.15) is 17.0 Å². The minimum absolute atomic E-state index is 0.0721. The zero-order valence-corrected chi connectivity index (χ0v) is 12.2. The number of H-pyrrole nitrogens is 2. The molecule has 22 heavy (non-hydrogen) atoms. The van der Waals surface area contributed by atoms with Crippen LogP contribution in [-0.2, 0) is 0 Å². The molecule has 0 bridgehead atoms. The fourth-order valence-electron chi connectivity index (χ4n) is 2.73. The van der Waals surface area contributed by atoms with Gasteiger partial charge in [-0.25, -0.2) is 4.39 Å². The molecule has 1 aromatic carbocycles. The number of hydrogen-bond acceptors (Lipinski definition) is 2. The summed E-state index contributed by atoms with van der Waals surface area (Å²) < 4.78 is 13.5. The molecule has 0 saturated heterocycles. The second-order valence-electron chi connectivity index (χ2n) is 5.25. The quantitative estimate of drug-likeness (QED) is 0.563. The van der Waals surface area contributed by atoms with Gasteiger partial charge in [-0.15, -0.1) is 0 Å². The highest BCUT2D eigenvalue weighted by molar-refractivity contribution is 5.82. The number of benzene rings is 1. The van der Waals surface area contributed by atoms with Gasteiger partial charge in [0.05, 0.1) is 16.2 Å². The van der Waals surface area contributed by atoms with Crippen LogP contribution >= 0.6 is 0 Å². The Bertz CT molecular complexity index is 1010. The molecule has 2 heterocycles. The molecule has 3 aromatic rings. The first-order valence-electron chi connectivity index (χ1n) is 6.70. The van der Waals surface area contributed by atoms with Crippen LogP contribution in [0, 0.1) is 29.8 Å². The average Bonchev–Trinajstić information content (AvgIpc) is 2.88. The standard InChI is InChI=1S/C16H14FN3O2/c1-8-15(19-10(3)16(8)20(21)22)7-12-9(2)18-14-5-4-11(17)6-13(12)14/h4-7,18-19H,2H2,1,3H3/b12-7+. The lowest BCUT2D eigenvalue weighted by atomic mass is 10.1. The SMILES string of the molecule is C=c1[nH]c2ccc(F)cc2/c1=C/c1[nH]c(C)c([N+](=O)[O-])c1C. The molecule has 0 amide bonds. The molecule has 112 valence electrons. The molecular formula is C16H14FN3O2. The van der Waals surface area contributed by atoms with Gasteiger partial charge in [-0.05, 0) is 38.1 Å². The Morgan fingerprint density at radius 1 is 1.32 bits per heavy atom. The largest absolute Gasteiger partial charge is 0.355 e. The summed E-state index contributed by atoms with van der Waals surface area (Å²) in [6.07, 6.45) is 1.76. The summed E-state index contributed by atoms with van der Waals surface area (Å²) >= 11 is 0. The lowest BCUT2D eigenvalue weighted by Gasteiger charge is -1.92. The van der Waals surface area contributed by atoms with E-state index < -0.39 is 4.92 Å². The third-order valence-electron chi connectivity index (χ3n) is 3.79. The number of hydrogen-bond donors (Lipinski definition) is 2. The van der Waals surface area contributed by atoms with E-state index in [1.807, 2.05) is 0 Å². The van der Waals surface area contributed by atoms with Crippen LogP contribution in [0.3, 0.4) is 0 Å². The van der Waals surface area contributed by atoms with Crippen LogP contribution < -0.4 is 10.6 Å². The highest BCUT2D eigenvalue weighted by atomic mass is 19.1. The topological polar surface area (TPSA) is 74.7 Å². The molecule has 0 saturated carbocycles. The van der Waals surface area contributed by atoms with Crippen molar-refractivity contribution < 1.29 is 9.31 Å². The van der Waals surface area contributed by atoms with Gasteiger partial charge in [-0.3, -0.25) is 10.1 Å². The molecule has 3 rings (SSSR count). The third-order valence-corrected chi connectivity index (χ3v) is 3.79. The predicted molar refractivity (Wildman–Crippen MR) is 83.5 cm³/mol. The van der Waals surface area contributed by atoms with Crippen LogP contribution in [0.5, 0.6) is 0 Å². The molecule has 0 unspecified atom stereocenters. The van der Waals surface area contributed by atoms with Gasteiger partial charge in [0.1, 0.15) is 5.82 Å². The van der Waals surface area contributed by atoms with E-state index in [0.29, 0.717) is 32.9 Å². The smallest absolute Gasteiger partial charge is 0.293 e. The Hall–Kier alpha value is -2.89. The van der Waals surface area contributed by atoms with Gasteiger partial charge < -0.3 is 9.97 Å². The molecule has 0 spiro atoms. The lowest BCUT2D eigenvalue weighted by molar-refractivity contribution is -0.385. The number of nitro groups is 1. The van der Waals surface area contributed by atoms with Crippen LogP contribution in [-0.4, -0.2) is 14.9 Å². The molecule has 0 aliphatic rings. The van der Waals surface area contributed by atoms with E-state index in [1.54, 1.807) is 26.0 Å². The number of nitrogens with one attached hydrogen (secondary N) is 2. The van der Waals surface area contributed by atoms with E-state index in [1.165, 1.54) is 12.1 Å². The van der Waals surface area contributed by atoms with E-state index in [0.717, 1.165) is 5.52 Å². The fraction of sp³-hybridized carbons (Fsp3) is 0.125. The second-order valence-corrected chi connectivity index (χ2v) is 5.25. The molecule has 0 aliphatic carbocycles. The number of fused-ring (bicyclic) bond motifs is 1.